The highest BCUT2D eigenvalue weighted by molar-refractivity contribution is 5.79. The standard InChI is InChI=1S/C22H26N4O3/c1-24-21(23)25-12-6-7-15(13-27)26-22(28)29-14-20-18-10-4-2-8-16(18)17-9-3-5-11-19(17)20/h2-5,8-11,13,15,20H,6-7,12,14H2,1H3,(H,26,28)(H3,23,24,25)/t15-/m0/s1. The van der Waals surface area contributed by atoms with Crippen LogP contribution in [-0.2, 0) is 9.53 Å². The number of nitrogens with two attached hydrogens (primary N) is 1. The molecule has 1 aliphatic carbocycles. The number of hydrogen-bond acceptors (Lipinski definition) is 4. The Kier molecular flexibility index (Phi) is 6.84. The average molecular weight is 394 g/mol. The zero-order chi connectivity index (χ0) is 20.6. The number of carbonyl (C=O) groups excluding carboxylic acids is 2. The third kappa shape index (κ3) is 4.93. The predicted molar refractivity (Wildman–Crippen MR) is 113 cm³/mol. The molecule has 4 N–H and O–H groups in total. The molecule has 0 fully saturated rings. The first-order valence-corrected chi connectivity index (χ1v) is 9.67. The van der Waals surface area contributed by atoms with E-state index in [1.54, 1.807) is 7.05 Å². The van der Waals surface area contributed by atoms with E-state index in [1.807, 2.05) is 24.3 Å². The minimum Gasteiger partial charge on any atom is -0.449 e. The molecule has 0 saturated carbocycles. The summed E-state index contributed by atoms with van der Waals surface area (Å²) in [6, 6.07) is 15.7. The Morgan fingerprint density at radius 2 is 1.79 bits per heavy atom. The van der Waals surface area contributed by atoms with Gasteiger partial charge in [0.2, 0.25) is 0 Å². The van der Waals surface area contributed by atoms with Crippen LogP contribution in [-0.4, -0.2) is 44.6 Å². The Labute approximate surface area is 170 Å². The monoisotopic (exact) mass is 394 g/mol. The molecule has 0 bridgehead atoms. The van der Waals surface area contributed by atoms with Gasteiger partial charge in [0.05, 0.1) is 6.04 Å². The molecule has 3 rings (SSSR count). The van der Waals surface area contributed by atoms with E-state index in [4.69, 9.17) is 10.5 Å². The van der Waals surface area contributed by atoms with Gasteiger partial charge in [-0.1, -0.05) is 48.5 Å². The van der Waals surface area contributed by atoms with Gasteiger partial charge in [0.15, 0.2) is 5.96 Å². The molecular weight excluding hydrogens is 368 g/mol. The molecule has 7 nitrogen and oxygen atoms in total. The van der Waals surface area contributed by atoms with E-state index in [9.17, 15) is 9.59 Å². The molecule has 0 aromatic heterocycles. The van der Waals surface area contributed by atoms with E-state index in [0.29, 0.717) is 25.3 Å². The highest BCUT2D eigenvalue weighted by Gasteiger charge is 2.29. The molecule has 0 unspecified atom stereocenters. The lowest BCUT2D eigenvalue weighted by Gasteiger charge is -2.17. The maximum Gasteiger partial charge on any atom is 0.407 e. The average Bonchev–Trinajstić information content (AvgIpc) is 3.08. The summed E-state index contributed by atoms with van der Waals surface area (Å²) in [4.78, 5) is 27.3. The van der Waals surface area contributed by atoms with E-state index in [0.717, 1.165) is 17.4 Å². The van der Waals surface area contributed by atoms with E-state index in [2.05, 4.69) is 39.9 Å². The normalized spacial score (nSPS) is 13.9. The smallest absolute Gasteiger partial charge is 0.407 e. The fourth-order valence-corrected chi connectivity index (χ4v) is 3.58. The van der Waals surface area contributed by atoms with Crippen LogP contribution in [0.2, 0.25) is 0 Å². The van der Waals surface area contributed by atoms with Crippen LogP contribution in [0.15, 0.2) is 53.5 Å². The van der Waals surface area contributed by atoms with Gasteiger partial charge in [0, 0.05) is 19.5 Å². The van der Waals surface area contributed by atoms with E-state index in [1.165, 1.54) is 11.1 Å². The molecule has 2 aromatic rings. The highest BCUT2D eigenvalue weighted by Crippen LogP contribution is 2.44. The number of rotatable bonds is 8. The van der Waals surface area contributed by atoms with Crippen molar-refractivity contribution in [2.45, 2.75) is 24.8 Å². The van der Waals surface area contributed by atoms with Crippen molar-refractivity contribution in [2.75, 3.05) is 20.2 Å². The summed E-state index contributed by atoms with van der Waals surface area (Å²) in [5.74, 6) is 0.334. The fraction of sp³-hybridized carbons (Fsp3) is 0.318. The molecule has 0 heterocycles. The molecule has 152 valence electrons. The number of alkyl carbamates (subject to hydrolysis) is 1. The zero-order valence-corrected chi connectivity index (χ0v) is 16.4. The Bertz CT molecular complexity index is 852. The maximum absolute atomic E-state index is 12.2. The zero-order valence-electron chi connectivity index (χ0n) is 16.4. The Morgan fingerprint density at radius 1 is 1.17 bits per heavy atom. The third-order valence-electron chi connectivity index (χ3n) is 5.05. The van der Waals surface area contributed by atoms with Crippen molar-refractivity contribution in [1.29, 1.82) is 0 Å². The van der Waals surface area contributed by atoms with Gasteiger partial charge < -0.3 is 25.9 Å². The van der Waals surface area contributed by atoms with Crippen LogP contribution in [0.3, 0.4) is 0 Å². The molecule has 0 aliphatic heterocycles. The quantitative estimate of drug-likeness (QED) is 0.276. The lowest BCUT2D eigenvalue weighted by atomic mass is 9.98. The Hall–Kier alpha value is -3.35. The van der Waals surface area contributed by atoms with Crippen molar-refractivity contribution in [3.63, 3.8) is 0 Å². The minimum atomic E-state index is -0.604. The van der Waals surface area contributed by atoms with Crippen molar-refractivity contribution >= 4 is 18.3 Å². The third-order valence-corrected chi connectivity index (χ3v) is 5.05. The highest BCUT2D eigenvalue weighted by atomic mass is 16.5. The summed E-state index contributed by atoms with van der Waals surface area (Å²) < 4.78 is 5.47. The molecule has 0 spiro atoms. The number of hydrogen-bond donors (Lipinski definition) is 3. The summed E-state index contributed by atoms with van der Waals surface area (Å²) in [5.41, 5.74) is 10.2. The lowest BCUT2D eigenvalue weighted by molar-refractivity contribution is -0.109. The van der Waals surface area contributed by atoms with Gasteiger partial charge in [-0.15, -0.1) is 0 Å². The Morgan fingerprint density at radius 3 is 2.38 bits per heavy atom. The second-order valence-electron chi connectivity index (χ2n) is 6.89. The maximum atomic E-state index is 12.2. The number of benzene rings is 2. The molecule has 2 aromatic carbocycles. The molecule has 1 amide bonds. The van der Waals surface area contributed by atoms with Gasteiger partial charge in [-0.25, -0.2) is 4.79 Å². The minimum absolute atomic E-state index is 0.0108. The molecule has 7 heteroatoms. The van der Waals surface area contributed by atoms with Gasteiger partial charge >= 0.3 is 6.09 Å². The number of aldehydes is 1. The number of aliphatic imine (C=N–C) groups is 1. The van der Waals surface area contributed by atoms with Crippen LogP contribution in [0, 0.1) is 0 Å². The number of guanidine groups is 1. The molecule has 1 atom stereocenters. The van der Waals surface area contributed by atoms with Gasteiger partial charge in [0.25, 0.3) is 0 Å². The van der Waals surface area contributed by atoms with Crippen LogP contribution >= 0.6 is 0 Å². The van der Waals surface area contributed by atoms with Gasteiger partial charge in [-0.3, -0.25) is 4.99 Å². The largest absolute Gasteiger partial charge is 0.449 e. The molecule has 29 heavy (non-hydrogen) atoms. The second-order valence-corrected chi connectivity index (χ2v) is 6.89. The topological polar surface area (TPSA) is 106 Å². The first-order valence-electron chi connectivity index (χ1n) is 9.67. The van der Waals surface area contributed by atoms with Crippen molar-refractivity contribution in [3.8, 4) is 11.1 Å². The summed E-state index contributed by atoms with van der Waals surface area (Å²) in [7, 11) is 1.59. The van der Waals surface area contributed by atoms with Crippen LogP contribution in [0.25, 0.3) is 11.1 Å². The fourth-order valence-electron chi connectivity index (χ4n) is 3.58. The van der Waals surface area contributed by atoms with E-state index in [-0.39, 0.29) is 12.5 Å². The summed E-state index contributed by atoms with van der Waals surface area (Å²) in [6.45, 7) is 0.788. The number of ether oxygens (including phenoxy) is 1. The molecular formula is C22H26N4O3. The van der Waals surface area contributed by atoms with Crippen molar-refractivity contribution < 1.29 is 14.3 Å². The first-order chi connectivity index (χ1) is 14.1. The lowest BCUT2D eigenvalue weighted by Crippen LogP contribution is -2.38. The summed E-state index contributed by atoms with van der Waals surface area (Å²) in [5, 5.41) is 5.54. The van der Waals surface area contributed by atoms with Gasteiger partial charge in [0.1, 0.15) is 12.9 Å². The second kappa shape index (κ2) is 9.73. The van der Waals surface area contributed by atoms with Gasteiger partial charge in [-0.05, 0) is 35.1 Å². The van der Waals surface area contributed by atoms with Crippen molar-refractivity contribution in [1.82, 2.24) is 10.6 Å². The van der Waals surface area contributed by atoms with E-state index >= 15 is 0 Å². The number of nitrogens with one attached hydrogen (secondary N) is 2. The number of fused-ring (bicyclic) bond motifs is 3. The van der Waals surface area contributed by atoms with Gasteiger partial charge in [-0.2, -0.15) is 0 Å². The first kappa shape index (κ1) is 20.4. The number of carbonyl (C=O) groups is 2. The van der Waals surface area contributed by atoms with Crippen LogP contribution in [0.1, 0.15) is 29.9 Å². The summed E-state index contributed by atoms with van der Waals surface area (Å²) in [6.07, 6.45) is 1.27. The molecule has 0 saturated heterocycles. The van der Waals surface area contributed by atoms with Crippen molar-refractivity contribution in [3.05, 3.63) is 59.7 Å². The Balaban J connectivity index is 1.53. The predicted octanol–water partition coefficient (Wildman–Crippen LogP) is 2.41. The SMILES string of the molecule is CN=C(N)NCCC[C@@H](C=O)NC(=O)OCC1c2ccccc2-c2ccccc21. The number of amides is 1. The van der Waals surface area contributed by atoms with Crippen LogP contribution in [0.5, 0.6) is 0 Å². The van der Waals surface area contributed by atoms with Crippen LogP contribution in [0.4, 0.5) is 4.79 Å². The molecule has 0 radical (unpaired) electrons. The van der Waals surface area contributed by atoms with Crippen molar-refractivity contribution in [2.24, 2.45) is 10.7 Å². The number of nitrogens with zero attached hydrogens (tertiary/aromatic N) is 1. The summed E-state index contributed by atoms with van der Waals surface area (Å²) >= 11 is 0. The molecule has 1 aliphatic rings. The van der Waals surface area contributed by atoms with Crippen LogP contribution < -0.4 is 16.4 Å². The van der Waals surface area contributed by atoms with E-state index < -0.39 is 12.1 Å².